The Morgan fingerprint density at radius 3 is 2.65 bits per heavy atom. The average Bonchev–Trinajstić information content (AvgIpc) is 2.23. The van der Waals surface area contributed by atoms with Crippen molar-refractivity contribution in [2.75, 3.05) is 47.0 Å². The molecule has 0 saturated heterocycles. The molecular formula is C12H26N2O3. The van der Waals surface area contributed by atoms with Crippen molar-refractivity contribution in [1.82, 2.24) is 10.2 Å². The Bertz CT molecular complexity index is 198. The Labute approximate surface area is 104 Å². The van der Waals surface area contributed by atoms with E-state index in [1.807, 2.05) is 27.9 Å². The number of nitrogens with one attached hydrogen (secondary N) is 1. The smallest absolute Gasteiger partial charge is 0.307 e. The minimum atomic E-state index is -0.152. The van der Waals surface area contributed by atoms with E-state index in [4.69, 9.17) is 9.47 Å². The Balaban J connectivity index is 3.33. The fourth-order valence-corrected chi connectivity index (χ4v) is 1.27. The fraction of sp³-hybridized carbons (Fsp3) is 0.917. The summed E-state index contributed by atoms with van der Waals surface area (Å²) in [5.41, 5.74) is 0. The highest BCUT2D eigenvalue weighted by atomic mass is 16.5. The van der Waals surface area contributed by atoms with Gasteiger partial charge in [0.05, 0.1) is 26.2 Å². The maximum atomic E-state index is 11.2. The third-order valence-corrected chi connectivity index (χ3v) is 2.20. The van der Waals surface area contributed by atoms with E-state index in [2.05, 4.69) is 10.2 Å². The van der Waals surface area contributed by atoms with Crippen molar-refractivity contribution < 1.29 is 14.3 Å². The summed E-state index contributed by atoms with van der Waals surface area (Å²) in [5.74, 6) is -0.152. The molecule has 0 aliphatic rings. The van der Waals surface area contributed by atoms with Crippen molar-refractivity contribution in [2.24, 2.45) is 0 Å². The van der Waals surface area contributed by atoms with Crippen LogP contribution in [-0.2, 0) is 14.3 Å². The number of esters is 1. The van der Waals surface area contributed by atoms with Crippen LogP contribution < -0.4 is 5.32 Å². The van der Waals surface area contributed by atoms with Gasteiger partial charge in [-0.25, -0.2) is 0 Å². The molecule has 0 fully saturated rings. The lowest BCUT2D eigenvalue weighted by Crippen LogP contribution is -2.32. The number of carbonyl (C=O) groups is 1. The van der Waals surface area contributed by atoms with Crippen LogP contribution in [0.15, 0.2) is 0 Å². The molecule has 0 saturated carbocycles. The van der Waals surface area contributed by atoms with Gasteiger partial charge in [-0.05, 0) is 27.9 Å². The highest BCUT2D eigenvalue weighted by Crippen LogP contribution is 1.93. The molecule has 1 unspecified atom stereocenters. The average molecular weight is 246 g/mol. The van der Waals surface area contributed by atoms with E-state index in [0.29, 0.717) is 19.6 Å². The van der Waals surface area contributed by atoms with Gasteiger partial charge in [-0.2, -0.15) is 0 Å². The summed E-state index contributed by atoms with van der Waals surface area (Å²) < 4.78 is 10.3. The van der Waals surface area contributed by atoms with Gasteiger partial charge in [0.1, 0.15) is 0 Å². The Kier molecular flexibility index (Phi) is 10.1. The zero-order valence-electron chi connectivity index (χ0n) is 11.5. The van der Waals surface area contributed by atoms with Crippen molar-refractivity contribution in [1.29, 1.82) is 0 Å². The first-order chi connectivity index (χ1) is 8.06. The van der Waals surface area contributed by atoms with E-state index in [0.717, 1.165) is 19.7 Å². The van der Waals surface area contributed by atoms with Gasteiger partial charge in [0.15, 0.2) is 0 Å². The lowest BCUT2D eigenvalue weighted by atomic mass is 10.2. The summed E-state index contributed by atoms with van der Waals surface area (Å²) in [4.78, 5) is 13.2. The number of ether oxygens (including phenoxy) is 2. The van der Waals surface area contributed by atoms with Crippen molar-refractivity contribution in [3.8, 4) is 0 Å². The lowest BCUT2D eigenvalue weighted by molar-refractivity contribution is -0.143. The molecule has 0 aromatic heterocycles. The molecule has 0 rings (SSSR count). The molecular weight excluding hydrogens is 220 g/mol. The maximum Gasteiger partial charge on any atom is 0.307 e. The van der Waals surface area contributed by atoms with Gasteiger partial charge in [0, 0.05) is 19.1 Å². The van der Waals surface area contributed by atoms with E-state index in [-0.39, 0.29) is 12.0 Å². The Morgan fingerprint density at radius 1 is 1.35 bits per heavy atom. The molecule has 0 amide bonds. The quantitative estimate of drug-likeness (QED) is 0.449. The van der Waals surface area contributed by atoms with Gasteiger partial charge in [0.25, 0.3) is 0 Å². The van der Waals surface area contributed by atoms with Crippen LogP contribution in [0.3, 0.4) is 0 Å². The standard InChI is InChI=1S/C12H26N2O3/c1-5-17-12(15)10-11(2)13-6-8-16-9-7-14(3)4/h11,13H,5-10H2,1-4H3. The fourth-order valence-electron chi connectivity index (χ4n) is 1.27. The zero-order valence-corrected chi connectivity index (χ0v) is 11.5. The van der Waals surface area contributed by atoms with Gasteiger partial charge in [-0.15, -0.1) is 0 Å². The summed E-state index contributed by atoms with van der Waals surface area (Å²) in [7, 11) is 4.03. The van der Waals surface area contributed by atoms with E-state index >= 15 is 0 Å². The van der Waals surface area contributed by atoms with Gasteiger partial charge in [-0.1, -0.05) is 0 Å². The van der Waals surface area contributed by atoms with Crippen LogP contribution in [0.2, 0.25) is 0 Å². The maximum absolute atomic E-state index is 11.2. The molecule has 1 N–H and O–H groups in total. The molecule has 1 atom stereocenters. The van der Waals surface area contributed by atoms with Crippen LogP contribution in [0.25, 0.3) is 0 Å². The molecule has 102 valence electrons. The molecule has 0 bridgehead atoms. The second-order valence-corrected chi connectivity index (χ2v) is 4.28. The summed E-state index contributed by atoms with van der Waals surface area (Å²) in [6, 6.07) is 0.131. The molecule has 0 spiro atoms. The van der Waals surface area contributed by atoms with E-state index in [9.17, 15) is 4.79 Å². The minimum Gasteiger partial charge on any atom is -0.466 e. The monoisotopic (exact) mass is 246 g/mol. The second-order valence-electron chi connectivity index (χ2n) is 4.28. The molecule has 0 aromatic rings. The number of nitrogens with zero attached hydrogens (tertiary/aromatic N) is 1. The third kappa shape index (κ3) is 11.6. The largest absolute Gasteiger partial charge is 0.466 e. The topological polar surface area (TPSA) is 50.8 Å². The number of likely N-dealkylation sites (N-methyl/N-ethyl adjacent to an activating group) is 1. The van der Waals surface area contributed by atoms with E-state index in [1.165, 1.54) is 0 Å². The highest BCUT2D eigenvalue weighted by molar-refractivity contribution is 5.69. The van der Waals surface area contributed by atoms with Gasteiger partial charge >= 0.3 is 5.97 Å². The molecule has 0 aliphatic heterocycles. The second kappa shape index (κ2) is 10.5. The first-order valence-electron chi connectivity index (χ1n) is 6.17. The van der Waals surface area contributed by atoms with Crippen LogP contribution in [0.1, 0.15) is 20.3 Å². The molecule has 0 aliphatic carbocycles. The summed E-state index contributed by atoms with van der Waals surface area (Å²) >= 11 is 0. The van der Waals surface area contributed by atoms with Crippen molar-refractivity contribution >= 4 is 5.97 Å². The zero-order chi connectivity index (χ0) is 13.1. The van der Waals surface area contributed by atoms with Crippen molar-refractivity contribution in [2.45, 2.75) is 26.3 Å². The van der Waals surface area contributed by atoms with Crippen molar-refractivity contribution in [3.05, 3.63) is 0 Å². The first kappa shape index (κ1) is 16.4. The molecule has 0 aromatic carbocycles. The SMILES string of the molecule is CCOC(=O)CC(C)NCCOCCN(C)C. The highest BCUT2D eigenvalue weighted by Gasteiger charge is 2.08. The molecule has 5 heteroatoms. The predicted octanol–water partition coefficient (Wildman–Crippen LogP) is 0.496. The molecule has 5 nitrogen and oxygen atoms in total. The van der Waals surface area contributed by atoms with Crippen LogP contribution in [-0.4, -0.2) is 63.9 Å². The number of hydrogen-bond donors (Lipinski definition) is 1. The van der Waals surface area contributed by atoms with Crippen LogP contribution >= 0.6 is 0 Å². The van der Waals surface area contributed by atoms with Crippen molar-refractivity contribution in [3.63, 3.8) is 0 Å². The van der Waals surface area contributed by atoms with Gasteiger partial charge < -0.3 is 19.7 Å². The van der Waals surface area contributed by atoms with E-state index in [1.54, 1.807) is 0 Å². The molecule has 17 heavy (non-hydrogen) atoms. The van der Waals surface area contributed by atoms with Crippen LogP contribution in [0, 0.1) is 0 Å². The van der Waals surface area contributed by atoms with Crippen LogP contribution in [0.5, 0.6) is 0 Å². The van der Waals surface area contributed by atoms with Gasteiger partial charge in [0.2, 0.25) is 0 Å². The summed E-state index contributed by atoms with van der Waals surface area (Å²) in [6.07, 6.45) is 0.408. The summed E-state index contributed by atoms with van der Waals surface area (Å²) in [6.45, 7) is 7.32. The van der Waals surface area contributed by atoms with Crippen LogP contribution in [0.4, 0.5) is 0 Å². The first-order valence-corrected chi connectivity index (χ1v) is 6.17. The lowest BCUT2D eigenvalue weighted by Gasteiger charge is -2.14. The summed E-state index contributed by atoms with van der Waals surface area (Å²) in [5, 5.41) is 3.22. The number of hydrogen-bond acceptors (Lipinski definition) is 5. The minimum absolute atomic E-state index is 0.131. The molecule has 0 heterocycles. The van der Waals surface area contributed by atoms with E-state index < -0.39 is 0 Å². The number of carbonyl (C=O) groups excluding carboxylic acids is 1. The molecule has 0 radical (unpaired) electrons. The Hall–Kier alpha value is -0.650. The third-order valence-electron chi connectivity index (χ3n) is 2.20. The normalized spacial score (nSPS) is 12.8. The number of rotatable bonds is 10. The van der Waals surface area contributed by atoms with Gasteiger partial charge in [-0.3, -0.25) is 4.79 Å². The Morgan fingerprint density at radius 2 is 2.06 bits per heavy atom. The predicted molar refractivity (Wildman–Crippen MR) is 68.1 cm³/mol.